The van der Waals surface area contributed by atoms with Crippen molar-refractivity contribution in [2.45, 2.75) is 39.0 Å². The summed E-state index contributed by atoms with van der Waals surface area (Å²) in [5.41, 5.74) is 0.952. The third-order valence-corrected chi connectivity index (χ3v) is 4.53. The van der Waals surface area contributed by atoms with Crippen LogP contribution in [0.2, 0.25) is 0 Å². The Bertz CT molecular complexity index is 829. The van der Waals surface area contributed by atoms with E-state index in [2.05, 4.69) is 0 Å². The number of unbranched alkanes of at least 4 members (excludes halogenated alkanes) is 1. The van der Waals surface area contributed by atoms with Crippen LogP contribution in [0, 0.1) is 29.1 Å². The summed E-state index contributed by atoms with van der Waals surface area (Å²) in [6.45, 7) is 1.99. The summed E-state index contributed by atoms with van der Waals surface area (Å²) >= 11 is 0. The Hall–Kier alpha value is -2.17. The molecule has 0 aliphatic heterocycles. The average molecular weight is 352 g/mol. The largest absolute Gasteiger partial charge is 0.206 e. The number of allylic oxidation sites excluding steroid dienone is 2. The maximum absolute atomic E-state index is 14.4. The summed E-state index contributed by atoms with van der Waals surface area (Å²) < 4.78 is 69.4. The summed E-state index contributed by atoms with van der Waals surface area (Å²) in [4.78, 5) is 0. The van der Waals surface area contributed by atoms with E-state index in [-0.39, 0.29) is 29.5 Å². The summed E-state index contributed by atoms with van der Waals surface area (Å²) in [6.07, 6.45) is 3.72. The number of rotatable bonds is 4. The van der Waals surface area contributed by atoms with Crippen molar-refractivity contribution < 1.29 is 22.0 Å². The first-order valence-electron chi connectivity index (χ1n) is 8.25. The third kappa shape index (κ3) is 3.32. The molecule has 0 atom stereocenters. The molecule has 2 aromatic rings. The van der Waals surface area contributed by atoms with Crippen molar-refractivity contribution in [2.75, 3.05) is 0 Å². The molecule has 5 heteroatoms. The number of halogens is 5. The fraction of sp³-hybridized carbons (Fsp3) is 0.300. The van der Waals surface area contributed by atoms with Gasteiger partial charge >= 0.3 is 0 Å². The van der Waals surface area contributed by atoms with Crippen LogP contribution in [0.25, 0.3) is 5.57 Å². The first kappa shape index (κ1) is 17.6. The van der Waals surface area contributed by atoms with Gasteiger partial charge in [0.05, 0.1) is 0 Å². The molecule has 0 nitrogen and oxygen atoms in total. The van der Waals surface area contributed by atoms with E-state index in [0.29, 0.717) is 17.6 Å². The SMILES string of the molecule is CCCCc1cc(F)c(C2=CCc3c(cc(F)c(F)c3F)C2)c(F)c1. The molecule has 0 saturated heterocycles. The first-order chi connectivity index (χ1) is 11.9. The zero-order valence-electron chi connectivity index (χ0n) is 13.7. The third-order valence-electron chi connectivity index (χ3n) is 4.53. The van der Waals surface area contributed by atoms with E-state index in [4.69, 9.17) is 0 Å². The van der Waals surface area contributed by atoms with Crippen LogP contribution < -0.4 is 0 Å². The second kappa shape index (κ2) is 6.98. The minimum absolute atomic E-state index is 0.0306. The lowest BCUT2D eigenvalue weighted by molar-refractivity contribution is 0.440. The quantitative estimate of drug-likeness (QED) is 0.474. The smallest absolute Gasteiger partial charge is 0.194 e. The van der Waals surface area contributed by atoms with Crippen LogP contribution in [0.15, 0.2) is 24.3 Å². The minimum Gasteiger partial charge on any atom is -0.206 e. The minimum atomic E-state index is -1.52. The van der Waals surface area contributed by atoms with Crippen molar-refractivity contribution in [3.8, 4) is 0 Å². The second-order valence-corrected chi connectivity index (χ2v) is 6.27. The predicted octanol–water partition coefficient (Wildman–Crippen LogP) is 5.91. The molecule has 0 heterocycles. The molecule has 0 N–H and O–H groups in total. The van der Waals surface area contributed by atoms with Gasteiger partial charge in [-0.2, -0.15) is 0 Å². The van der Waals surface area contributed by atoms with Gasteiger partial charge in [-0.15, -0.1) is 0 Å². The molecule has 0 aromatic heterocycles. The summed E-state index contributed by atoms with van der Waals surface area (Å²) in [5, 5.41) is 0. The van der Waals surface area contributed by atoms with Gasteiger partial charge < -0.3 is 0 Å². The number of hydrogen-bond donors (Lipinski definition) is 0. The first-order valence-corrected chi connectivity index (χ1v) is 8.25. The van der Waals surface area contributed by atoms with E-state index in [9.17, 15) is 22.0 Å². The van der Waals surface area contributed by atoms with Crippen molar-refractivity contribution >= 4 is 5.57 Å². The summed E-state index contributed by atoms with van der Waals surface area (Å²) in [5.74, 6) is -5.43. The summed E-state index contributed by atoms with van der Waals surface area (Å²) in [7, 11) is 0. The Morgan fingerprint density at radius 2 is 1.56 bits per heavy atom. The molecular weight excluding hydrogens is 335 g/mol. The van der Waals surface area contributed by atoms with Gasteiger partial charge in [0.25, 0.3) is 0 Å². The topological polar surface area (TPSA) is 0 Å². The molecular formula is C20H17F5. The highest BCUT2D eigenvalue weighted by Gasteiger charge is 2.24. The lowest BCUT2D eigenvalue weighted by Gasteiger charge is -2.19. The molecule has 1 aliphatic rings. The van der Waals surface area contributed by atoms with E-state index in [1.807, 2.05) is 6.92 Å². The zero-order chi connectivity index (χ0) is 18.1. The van der Waals surface area contributed by atoms with Crippen LogP contribution in [0.3, 0.4) is 0 Å². The van der Waals surface area contributed by atoms with Crippen LogP contribution >= 0.6 is 0 Å². The van der Waals surface area contributed by atoms with E-state index < -0.39 is 29.1 Å². The number of aryl methyl sites for hydroxylation is 1. The predicted molar refractivity (Wildman–Crippen MR) is 86.7 cm³/mol. The van der Waals surface area contributed by atoms with Crippen molar-refractivity contribution in [3.63, 3.8) is 0 Å². The Kier molecular flexibility index (Phi) is 4.93. The molecule has 0 bridgehead atoms. The van der Waals surface area contributed by atoms with Crippen molar-refractivity contribution in [3.05, 3.63) is 75.6 Å². The van der Waals surface area contributed by atoms with Crippen molar-refractivity contribution in [2.24, 2.45) is 0 Å². The van der Waals surface area contributed by atoms with E-state index in [1.165, 1.54) is 18.2 Å². The maximum Gasteiger partial charge on any atom is 0.194 e. The number of fused-ring (bicyclic) bond motifs is 1. The monoisotopic (exact) mass is 352 g/mol. The van der Waals surface area contributed by atoms with Gasteiger partial charge in [0, 0.05) is 5.56 Å². The van der Waals surface area contributed by atoms with Gasteiger partial charge in [0.1, 0.15) is 11.6 Å². The highest BCUT2D eigenvalue weighted by molar-refractivity contribution is 5.71. The molecule has 0 radical (unpaired) electrons. The average Bonchev–Trinajstić information content (AvgIpc) is 2.57. The Balaban J connectivity index is 1.96. The van der Waals surface area contributed by atoms with E-state index in [1.54, 1.807) is 0 Å². The van der Waals surface area contributed by atoms with E-state index >= 15 is 0 Å². The highest BCUT2D eigenvalue weighted by atomic mass is 19.2. The highest BCUT2D eigenvalue weighted by Crippen LogP contribution is 2.33. The van der Waals surface area contributed by atoms with Crippen LogP contribution in [-0.4, -0.2) is 0 Å². The number of hydrogen-bond acceptors (Lipinski definition) is 0. The summed E-state index contributed by atoms with van der Waals surface area (Å²) in [6, 6.07) is 3.50. The molecule has 2 aromatic carbocycles. The van der Waals surface area contributed by atoms with Crippen LogP contribution in [0.5, 0.6) is 0 Å². The van der Waals surface area contributed by atoms with Crippen molar-refractivity contribution in [1.29, 1.82) is 0 Å². The Morgan fingerprint density at radius 1 is 0.880 bits per heavy atom. The van der Waals surface area contributed by atoms with Crippen LogP contribution in [-0.2, 0) is 19.3 Å². The molecule has 1 aliphatic carbocycles. The van der Waals surface area contributed by atoms with Gasteiger partial charge in [0.15, 0.2) is 17.5 Å². The number of benzene rings is 2. The molecule has 3 rings (SSSR count). The van der Waals surface area contributed by atoms with Gasteiger partial charge in [-0.25, -0.2) is 22.0 Å². The van der Waals surface area contributed by atoms with E-state index in [0.717, 1.165) is 18.9 Å². The molecule has 132 valence electrons. The fourth-order valence-electron chi connectivity index (χ4n) is 3.21. The van der Waals surface area contributed by atoms with Gasteiger partial charge in [0.2, 0.25) is 0 Å². The lowest BCUT2D eigenvalue weighted by Crippen LogP contribution is -2.10. The van der Waals surface area contributed by atoms with Crippen LogP contribution in [0.1, 0.15) is 42.0 Å². The van der Waals surface area contributed by atoms with Gasteiger partial charge in [-0.3, -0.25) is 0 Å². The Labute approximate surface area is 143 Å². The molecule has 0 amide bonds. The zero-order valence-corrected chi connectivity index (χ0v) is 13.7. The standard InChI is InChI=1S/C20H17F5/c1-2-3-4-11-7-15(21)18(16(22)8-11)12-5-6-14-13(9-12)10-17(23)20(25)19(14)24/h5,7-8,10H,2-4,6,9H2,1H3. The van der Waals surface area contributed by atoms with Gasteiger partial charge in [-0.05, 0) is 66.1 Å². The van der Waals surface area contributed by atoms with Crippen LogP contribution in [0.4, 0.5) is 22.0 Å². The fourth-order valence-corrected chi connectivity index (χ4v) is 3.21. The maximum atomic E-state index is 14.4. The molecule has 0 unspecified atom stereocenters. The molecule has 0 spiro atoms. The second-order valence-electron chi connectivity index (χ2n) is 6.27. The Morgan fingerprint density at radius 3 is 2.20 bits per heavy atom. The normalized spacial score (nSPS) is 13.6. The van der Waals surface area contributed by atoms with Crippen molar-refractivity contribution in [1.82, 2.24) is 0 Å². The molecule has 0 fully saturated rings. The lowest BCUT2D eigenvalue weighted by atomic mass is 9.86. The molecule has 0 saturated carbocycles. The molecule has 25 heavy (non-hydrogen) atoms. The van der Waals surface area contributed by atoms with Gasteiger partial charge in [-0.1, -0.05) is 19.4 Å².